The Morgan fingerprint density at radius 2 is 1.44 bits per heavy atom. The van der Waals surface area contributed by atoms with Crippen molar-refractivity contribution < 1.29 is 26.2 Å². The zero-order valence-corrected chi connectivity index (χ0v) is 17.2. The van der Waals surface area contributed by atoms with E-state index in [-0.39, 0.29) is 31.6 Å². The molecule has 1 atom stereocenters. The molecule has 2 aromatic carbocycles. The van der Waals surface area contributed by atoms with Gasteiger partial charge in [0.1, 0.15) is 0 Å². The summed E-state index contributed by atoms with van der Waals surface area (Å²) >= 11 is 0. The molecule has 0 radical (unpaired) electrons. The minimum Gasteiger partial charge on any atom is -0.103 e. The van der Waals surface area contributed by atoms with Crippen LogP contribution in [0.4, 0.5) is 0 Å². The molecule has 2 aromatic rings. The maximum absolute atomic E-state index is 3.97. The van der Waals surface area contributed by atoms with Crippen LogP contribution in [0.3, 0.4) is 0 Å². The van der Waals surface area contributed by atoms with Gasteiger partial charge in [-0.25, -0.2) is 0 Å². The standard InChI is InChI=1S/C24H24.Zr/c1-3-4-17-24(2,18-11-5-6-12-18)23-21-15-9-7-13-19(21)20-14-8-10-16-22(20)23;/h3,5-16,18,23H,1,4,17H2,2H3;. The van der Waals surface area contributed by atoms with Crippen LogP contribution in [-0.4, -0.2) is 0 Å². The summed E-state index contributed by atoms with van der Waals surface area (Å²) in [7, 11) is 0. The number of benzene rings is 2. The van der Waals surface area contributed by atoms with Crippen LogP contribution < -0.4 is 0 Å². The fourth-order valence-electron chi connectivity index (χ4n) is 4.65. The maximum Gasteiger partial charge on any atom is 0.0164 e. The molecule has 0 N–H and O–H groups in total. The molecule has 1 unspecified atom stereocenters. The summed E-state index contributed by atoms with van der Waals surface area (Å²) < 4.78 is 0. The van der Waals surface area contributed by atoms with E-state index < -0.39 is 0 Å². The van der Waals surface area contributed by atoms with Crippen molar-refractivity contribution in [2.24, 2.45) is 11.3 Å². The van der Waals surface area contributed by atoms with E-state index in [1.807, 2.05) is 0 Å². The third-order valence-electron chi connectivity index (χ3n) is 5.89. The quantitative estimate of drug-likeness (QED) is 0.499. The largest absolute Gasteiger partial charge is 0.103 e. The van der Waals surface area contributed by atoms with Crippen LogP contribution in [0.15, 0.2) is 85.5 Å². The predicted octanol–water partition coefficient (Wildman–Crippen LogP) is 6.51. The normalized spacial score (nSPS) is 17.6. The first-order valence-corrected chi connectivity index (χ1v) is 8.90. The SMILES string of the molecule is C=CCCC(C)(C1C=CC=C1)C1c2ccccc2-c2ccccc21.[Zr]. The molecule has 2 aliphatic rings. The van der Waals surface area contributed by atoms with E-state index >= 15 is 0 Å². The van der Waals surface area contributed by atoms with Crippen LogP contribution in [0.5, 0.6) is 0 Å². The van der Waals surface area contributed by atoms with Crippen molar-refractivity contribution in [3.63, 3.8) is 0 Å². The first kappa shape index (κ1) is 18.3. The molecule has 0 aromatic heterocycles. The number of hydrogen-bond acceptors (Lipinski definition) is 0. The van der Waals surface area contributed by atoms with E-state index in [4.69, 9.17) is 0 Å². The van der Waals surface area contributed by atoms with Gasteiger partial charge in [-0.2, -0.15) is 0 Å². The van der Waals surface area contributed by atoms with Crippen molar-refractivity contribution >= 4 is 0 Å². The minimum atomic E-state index is 0. The van der Waals surface area contributed by atoms with Gasteiger partial charge in [-0.3, -0.25) is 0 Å². The summed E-state index contributed by atoms with van der Waals surface area (Å²) in [4.78, 5) is 0. The summed E-state index contributed by atoms with van der Waals surface area (Å²) in [5, 5.41) is 0. The Morgan fingerprint density at radius 1 is 0.920 bits per heavy atom. The van der Waals surface area contributed by atoms with E-state index in [0.717, 1.165) is 12.8 Å². The molecular formula is C24H24Zr. The molecule has 0 fully saturated rings. The molecule has 0 spiro atoms. The van der Waals surface area contributed by atoms with Gasteiger partial charge < -0.3 is 0 Å². The molecular weight excluding hydrogens is 379 g/mol. The van der Waals surface area contributed by atoms with Gasteiger partial charge in [-0.15, -0.1) is 6.58 Å². The zero-order valence-electron chi connectivity index (χ0n) is 14.8. The molecule has 0 amide bonds. The van der Waals surface area contributed by atoms with Gasteiger partial charge in [0.2, 0.25) is 0 Å². The number of rotatable bonds is 5. The van der Waals surface area contributed by atoms with Crippen molar-refractivity contribution in [1.29, 1.82) is 0 Å². The topological polar surface area (TPSA) is 0 Å². The van der Waals surface area contributed by atoms with E-state index in [2.05, 4.69) is 92.4 Å². The Bertz CT molecular complexity index is 772. The summed E-state index contributed by atoms with van der Waals surface area (Å²) in [6, 6.07) is 17.9. The third kappa shape index (κ3) is 2.98. The van der Waals surface area contributed by atoms with Crippen molar-refractivity contribution in [1.82, 2.24) is 0 Å². The van der Waals surface area contributed by atoms with Crippen LogP contribution in [-0.2, 0) is 26.2 Å². The second-order valence-electron chi connectivity index (χ2n) is 7.24. The first-order chi connectivity index (χ1) is 11.8. The smallest absolute Gasteiger partial charge is 0.0164 e. The molecule has 0 bridgehead atoms. The van der Waals surface area contributed by atoms with E-state index in [1.54, 1.807) is 0 Å². The Morgan fingerprint density at radius 3 is 1.96 bits per heavy atom. The van der Waals surface area contributed by atoms with Crippen LogP contribution in [0, 0.1) is 11.3 Å². The van der Waals surface area contributed by atoms with Crippen LogP contribution in [0.25, 0.3) is 11.1 Å². The third-order valence-corrected chi connectivity index (χ3v) is 5.89. The van der Waals surface area contributed by atoms with E-state index in [1.165, 1.54) is 22.3 Å². The summed E-state index contributed by atoms with van der Waals surface area (Å²) in [6.45, 7) is 6.43. The summed E-state index contributed by atoms with van der Waals surface area (Å²) in [6.07, 6.45) is 13.4. The molecule has 0 aliphatic heterocycles. The Labute approximate surface area is 170 Å². The summed E-state index contributed by atoms with van der Waals surface area (Å²) in [5.41, 5.74) is 5.95. The van der Waals surface area contributed by atoms with Crippen molar-refractivity contribution in [2.45, 2.75) is 25.7 Å². The monoisotopic (exact) mass is 402 g/mol. The molecule has 2 aliphatic carbocycles. The van der Waals surface area contributed by atoms with Gasteiger partial charge in [0.15, 0.2) is 0 Å². The van der Waals surface area contributed by atoms with Crippen molar-refractivity contribution in [3.05, 3.63) is 96.6 Å². The average molecular weight is 404 g/mol. The Kier molecular flexibility index (Phi) is 5.44. The average Bonchev–Trinajstić information content (AvgIpc) is 3.26. The number of hydrogen-bond donors (Lipinski definition) is 0. The summed E-state index contributed by atoms with van der Waals surface area (Å²) in [5.74, 6) is 0.906. The molecule has 0 nitrogen and oxygen atoms in total. The Balaban J connectivity index is 0.00000182. The second-order valence-corrected chi connectivity index (χ2v) is 7.24. The molecule has 1 heteroatoms. The fraction of sp³-hybridized carbons (Fsp3) is 0.250. The van der Waals surface area contributed by atoms with E-state index in [0.29, 0.717) is 11.8 Å². The van der Waals surface area contributed by atoms with Crippen molar-refractivity contribution in [2.75, 3.05) is 0 Å². The Hall–Kier alpha value is -1.46. The molecule has 0 saturated carbocycles. The second kappa shape index (κ2) is 7.42. The fourth-order valence-corrected chi connectivity index (χ4v) is 4.65. The predicted molar refractivity (Wildman–Crippen MR) is 103 cm³/mol. The molecule has 0 saturated heterocycles. The maximum atomic E-state index is 3.97. The van der Waals surface area contributed by atoms with Gasteiger partial charge in [-0.1, -0.05) is 85.8 Å². The van der Waals surface area contributed by atoms with Gasteiger partial charge >= 0.3 is 0 Å². The molecule has 25 heavy (non-hydrogen) atoms. The minimum absolute atomic E-state index is 0. The van der Waals surface area contributed by atoms with Crippen LogP contribution in [0.1, 0.15) is 36.8 Å². The van der Waals surface area contributed by atoms with Crippen molar-refractivity contribution in [3.8, 4) is 11.1 Å². The van der Waals surface area contributed by atoms with Gasteiger partial charge in [0.05, 0.1) is 0 Å². The number of allylic oxidation sites excluding steroid dienone is 5. The van der Waals surface area contributed by atoms with Gasteiger partial charge in [0, 0.05) is 38.0 Å². The molecule has 124 valence electrons. The van der Waals surface area contributed by atoms with E-state index in [9.17, 15) is 0 Å². The van der Waals surface area contributed by atoms with Crippen LogP contribution in [0.2, 0.25) is 0 Å². The number of fused-ring (bicyclic) bond motifs is 3. The van der Waals surface area contributed by atoms with Crippen LogP contribution >= 0.6 is 0 Å². The van der Waals surface area contributed by atoms with Gasteiger partial charge in [-0.05, 0) is 40.5 Å². The van der Waals surface area contributed by atoms with Gasteiger partial charge in [0.25, 0.3) is 0 Å². The zero-order chi connectivity index (χ0) is 16.6. The molecule has 4 rings (SSSR count). The molecule has 0 heterocycles. The first-order valence-electron chi connectivity index (χ1n) is 8.90.